The minimum absolute atomic E-state index is 0.0946. The number of carbonyl (C=O) groups is 1. The molecule has 0 bridgehead atoms. The third-order valence-corrected chi connectivity index (χ3v) is 5.58. The fourth-order valence-corrected chi connectivity index (χ4v) is 3.77. The van der Waals surface area contributed by atoms with Gasteiger partial charge in [0, 0.05) is 28.4 Å². The monoisotopic (exact) mass is 472 g/mol. The molecule has 1 amide bonds. The molecule has 0 fully saturated rings. The second-order valence-electron chi connectivity index (χ2n) is 7.53. The second-order valence-corrected chi connectivity index (χ2v) is 7.97. The highest BCUT2D eigenvalue weighted by molar-refractivity contribution is 6.30. The van der Waals surface area contributed by atoms with Gasteiger partial charge in [-0.3, -0.25) is 20.2 Å². The van der Waals surface area contributed by atoms with E-state index in [1.165, 1.54) is 24.3 Å². The summed E-state index contributed by atoms with van der Waals surface area (Å²) in [5.41, 5.74) is 2.92. The average molecular weight is 473 g/mol. The molecule has 0 saturated carbocycles. The molecule has 0 saturated heterocycles. The molecular formula is C24H17ClN6O3. The van der Waals surface area contributed by atoms with Gasteiger partial charge in [-0.15, -0.1) is 5.10 Å². The lowest BCUT2D eigenvalue weighted by Gasteiger charge is -2.24. The summed E-state index contributed by atoms with van der Waals surface area (Å²) in [6.07, 6.45) is 2.03. The Kier molecular flexibility index (Phi) is 5.52. The number of non-ortho nitro benzene ring substituents is 1. The van der Waals surface area contributed by atoms with E-state index in [4.69, 9.17) is 11.6 Å². The number of nitrogens with zero attached hydrogens (tertiary/aromatic N) is 4. The largest absolute Gasteiger partial charge is 0.324 e. The van der Waals surface area contributed by atoms with Gasteiger partial charge in [0.2, 0.25) is 5.95 Å². The zero-order valence-corrected chi connectivity index (χ0v) is 18.3. The number of allylic oxidation sites excluding steroid dienone is 1. The highest BCUT2D eigenvalue weighted by atomic mass is 35.5. The van der Waals surface area contributed by atoms with E-state index in [0.717, 1.165) is 16.8 Å². The summed E-state index contributed by atoms with van der Waals surface area (Å²) in [6.45, 7) is 0. The number of carbonyl (C=O) groups excluding carboxylic acids is 1. The van der Waals surface area contributed by atoms with Crippen LogP contribution in [0.4, 0.5) is 17.6 Å². The first-order valence-electron chi connectivity index (χ1n) is 10.3. The summed E-state index contributed by atoms with van der Waals surface area (Å²) in [5, 5.41) is 21.9. The Labute approximate surface area is 198 Å². The molecule has 34 heavy (non-hydrogen) atoms. The van der Waals surface area contributed by atoms with E-state index >= 15 is 0 Å². The number of amides is 1. The molecule has 9 nitrogen and oxygen atoms in total. The predicted octanol–water partition coefficient (Wildman–Crippen LogP) is 5.15. The molecule has 2 N–H and O–H groups in total. The lowest BCUT2D eigenvalue weighted by Crippen LogP contribution is -2.20. The minimum atomic E-state index is -0.520. The van der Waals surface area contributed by atoms with E-state index in [0.29, 0.717) is 11.0 Å². The van der Waals surface area contributed by atoms with Gasteiger partial charge in [-0.25, -0.2) is 4.68 Å². The Morgan fingerprint density at radius 2 is 1.74 bits per heavy atom. The number of rotatable bonds is 5. The normalized spacial score (nSPS) is 14.5. The molecular weight excluding hydrogens is 456 g/mol. The third kappa shape index (κ3) is 4.24. The van der Waals surface area contributed by atoms with Crippen molar-refractivity contribution >= 4 is 40.8 Å². The molecule has 3 aromatic carbocycles. The molecule has 0 spiro atoms. The molecule has 0 radical (unpaired) electrons. The molecule has 0 aliphatic carbocycles. The van der Waals surface area contributed by atoms with Crippen LogP contribution < -0.4 is 10.6 Å². The van der Waals surface area contributed by atoms with Crippen molar-refractivity contribution < 1.29 is 9.72 Å². The number of hydrogen-bond acceptors (Lipinski definition) is 6. The summed E-state index contributed by atoms with van der Waals surface area (Å²) in [4.78, 5) is 27.4. The van der Waals surface area contributed by atoms with E-state index in [1.807, 2.05) is 60.7 Å². The second kappa shape index (κ2) is 8.80. The van der Waals surface area contributed by atoms with Gasteiger partial charge >= 0.3 is 0 Å². The van der Waals surface area contributed by atoms with Crippen LogP contribution in [0.15, 0.2) is 84.9 Å². The van der Waals surface area contributed by atoms with Gasteiger partial charge in [-0.2, -0.15) is 4.98 Å². The van der Waals surface area contributed by atoms with Crippen molar-refractivity contribution in [3.8, 4) is 0 Å². The van der Waals surface area contributed by atoms with Crippen LogP contribution in [0.25, 0.3) is 5.70 Å². The zero-order chi connectivity index (χ0) is 23.7. The first-order valence-corrected chi connectivity index (χ1v) is 10.7. The molecule has 5 rings (SSSR count). The molecule has 0 unspecified atom stereocenters. The summed E-state index contributed by atoms with van der Waals surface area (Å²) in [7, 11) is 0. The van der Waals surface area contributed by atoms with Crippen LogP contribution in [-0.4, -0.2) is 25.6 Å². The van der Waals surface area contributed by atoms with Crippen LogP contribution in [0.3, 0.4) is 0 Å². The average Bonchev–Trinajstić information content (AvgIpc) is 3.26. The standard InChI is InChI=1S/C24H17ClN6O3/c25-18-10-6-15(7-11-18)20-14-21(16-4-2-1-3-5-16)30-24(26-20)28-23(29-30)27-22(32)17-8-12-19(13-9-17)31(33)34/h1-14,21H,(H2,26,27,28,29,32)/t21-/m1/s1. The SMILES string of the molecule is O=C(Nc1nc2n(n1)[C@@H](c1ccccc1)C=C(c1ccc(Cl)cc1)N2)c1ccc([N+](=O)[O-])cc1. The molecule has 1 atom stereocenters. The van der Waals surface area contributed by atoms with Crippen LogP contribution >= 0.6 is 11.6 Å². The highest BCUT2D eigenvalue weighted by Crippen LogP contribution is 2.33. The van der Waals surface area contributed by atoms with Crippen LogP contribution in [-0.2, 0) is 0 Å². The summed E-state index contributed by atoms with van der Waals surface area (Å²) >= 11 is 6.04. The Morgan fingerprint density at radius 3 is 2.41 bits per heavy atom. The number of benzene rings is 3. The van der Waals surface area contributed by atoms with E-state index in [2.05, 4.69) is 20.7 Å². The third-order valence-electron chi connectivity index (χ3n) is 5.33. The van der Waals surface area contributed by atoms with Gasteiger partial charge in [0.05, 0.1) is 4.92 Å². The van der Waals surface area contributed by atoms with Crippen molar-refractivity contribution in [2.75, 3.05) is 10.6 Å². The summed E-state index contributed by atoms with van der Waals surface area (Å²) in [6, 6.07) is 22.3. The number of fused-ring (bicyclic) bond motifs is 1. The van der Waals surface area contributed by atoms with Gasteiger partial charge in [0.25, 0.3) is 17.5 Å². The lowest BCUT2D eigenvalue weighted by atomic mass is 10.0. The maximum atomic E-state index is 12.7. The molecule has 1 aliphatic rings. The Bertz CT molecular complexity index is 1400. The maximum Gasteiger partial charge on any atom is 0.269 e. The molecule has 1 aliphatic heterocycles. The van der Waals surface area contributed by atoms with Crippen molar-refractivity contribution in [1.82, 2.24) is 14.8 Å². The van der Waals surface area contributed by atoms with Gasteiger partial charge < -0.3 is 5.32 Å². The fraction of sp³-hybridized carbons (Fsp3) is 0.0417. The Morgan fingerprint density at radius 1 is 1.03 bits per heavy atom. The fourth-order valence-electron chi connectivity index (χ4n) is 3.64. The van der Waals surface area contributed by atoms with Crippen molar-refractivity contribution in [2.45, 2.75) is 6.04 Å². The van der Waals surface area contributed by atoms with Gasteiger partial charge in [0.15, 0.2) is 0 Å². The number of anilines is 2. The smallest absolute Gasteiger partial charge is 0.269 e. The Hall–Kier alpha value is -4.50. The first kappa shape index (κ1) is 21.4. The van der Waals surface area contributed by atoms with E-state index in [1.54, 1.807) is 4.68 Å². The first-order chi connectivity index (χ1) is 16.5. The van der Waals surface area contributed by atoms with E-state index in [9.17, 15) is 14.9 Å². The minimum Gasteiger partial charge on any atom is -0.324 e. The van der Waals surface area contributed by atoms with Crippen LogP contribution in [0.1, 0.15) is 27.5 Å². The van der Waals surface area contributed by atoms with Gasteiger partial charge in [-0.1, -0.05) is 54.1 Å². The zero-order valence-electron chi connectivity index (χ0n) is 17.6. The predicted molar refractivity (Wildman–Crippen MR) is 129 cm³/mol. The van der Waals surface area contributed by atoms with Crippen molar-refractivity contribution in [3.05, 3.63) is 117 Å². The molecule has 2 heterocycles. The number of aromatic nitrogens is 3. The number of nitro groups is 1. The number of hydrogen-bond donors (Lipinski definition) is 2. The topological polar surface area (TPSA) is 115 Å². The summed E-state index contributed by atoms with van der Waals surface area (Å²) in [5.74, 6) is 0.0952. The van der Waals surface area contributed by atoms with Crippen molar-refractivity contribution in [2.24, 2.45) is 0 Å². The summed E-state index contributed by atoms with van der Waals surface area (Å²) < 4.78 is 1.69. The number of nitrogens with one attached hydrogen (secondary N) is 2. The van der Waals surface area contributed by atoms with Crippen LogP contribution in [0, 0.1) is 10.1 Å². The Balaban J connectivity index is 1.46. The van der Waals surface area contributed by atoms with E-state index in [-0.39, 0.29) is 23.2 Å². The van der Waals surface area contributed by atoms with E-state index < -0.39 is 10.8 Å². The molecule has 168 valence electrons. The lowest BCUT2D eigenvalue weighted by molar-refractivity contribution is -0.384. The highest BCUT2D eigenvalue weighted by Gasteiger charge is 2.26. The molecule has 10 heteroatoms. The number of halogens is 1. The van der Waals surface area contributed by atoms with Crippen LogP contribution in [0.5, 0.6) is 0 Å². The van der Waals surface area contributed by atoms with Crippen molar-refractivity contribution in [3.63, 3.8) is 0 Å². The molecule has 1 aromatic heterocycles. The van der Waals surface area contributed by atoms with Crippen molar-refractivity contribution in [1.29, 1.82) is 0 Å². The maximum absolute atomic E-state index is 12.7. The number of nitro benzene ring substituents is 1. The van der Waals surface area contributed by atoms with Gasteiger partial charge in [-0.05, 0) is 41.5 Å². The van der Waals surface area contributed by atoms with Gasteiger partial charge in [0.1, 0.15) is 6.04 Å². The quantitative estimate of drug-likeness (QED) is 0.306. The van der Waals surface area contributed by atoms with Crippen LogP contribution in [0.2, 0.25) is 5.02 Å². The molecule has 4 aromatic rings.